The molecule has 23 heavy (non-hydrogen) atoms. The summed E-state index contributed by atoms with van der Waals surface area (Å²) in [6, 6.07) is 7.34. The zero-order valence-corrected chi connectivity index (χ0v) is 13.8. The molecule has 1 heterocycles. The van der Waals surface area contributed by atoms with E-state index in [4.69, 9.17) is 9.47 Å². The van der Waals surface area contributed by atoms with Gasteiger partial charge in [-0.1, -0.05) is 18.2 Å². The number of carbonyl (C=O) groups excluding carboxylic acids is 1. The Morgan fingerprint density at radius 3 is 2.30 bits per heavy atom. The number of carbonyl (C=O) groups is 1. The number of hydroxylamine groups is 2. The van der Waals surface area contributed by atoms with E-state index >= 15 is 0 Å². The maximum Gasteiger partial charge on any atom is 0.347 e. The Balaban J connectivity index is 2.73. The minimum Gasteiger partial charge on any atom is -0.467 e. The molecule has 1 aliphatic rings. The minimum absolute atomic E-state index is 0.136. The highest BCUT2D eigenvalue weighted by Crippen LogP contribution is 2.41. The summed E-state index contributed by atoms with van der Waals surface area (Å²) in [5.74, 6) is -1.14. The SMILES string of the molecule is COC(=O)[C@]1(S(=O)(=O)c2ccccc2)C(OC)[C@H](OC)CN1O. The number of sulfone groups is 1. The number of nitrogens with zero attached hydrogens (tertiary/aromatic N) is 1. The maximum absolute atomic E-state index is 13.2. The van der Waals surface area contributed by atoms with Gasteiger partial charge in [0.2, 0.25) is 9.84 Å². The van der Waals surface area contributed by atoms with E-state index < -0.39 is 32.9 Å². The number of hydrogen-bond donors (Lipinski definition) is 1. The molecule has 9 heteroatoms. The third-order valence-electron chi connectivity index (χ3n) is 3.96. The van der Waals surface area contributed by atoms with Gasteiger partial charge < -0.3 is 19.4 Å². The number of esters is 1. The summed E-state index contributed by atoms with van der Waals surface area (Å²) in [5, 5.41) is 10.8. The van der Waals surface area contributed by atoms with Gasteiger partial charge in [0, 0.05) is 14.2 Å². The summed E-state index contributed by atoms with van der Waals surface area (Å²) in [7, 11) is -0.737. The second-order valence-corrected chi connectivity index (χ2v) is 7.12. The number of benzene rings is 1. The van der Waals surface area contributed by atoms with E-state index in [2.05, 4.69) is 4.74 Å². The Hall–Kier alpha value is -1.52. The molecule has 0 aromatic heterocycles. The molecule has 3 atom stereocenters. The highest BCUT2D eigenvalue weighted by Gasteiger charge is 2.69. The van der Waals surface area contributed by atoms with Crippen molar-refractivity contribution in [2.75, 3.05) is 27.9 Å². The van der Waals surface area contributed by atoms with Crippen molar-refractivity contribution in [1.82, 2.24) is 5.06 Å². The van der Waals surface area contributed by atoms with Crippen LogP contribution in [0, 0.1) is 0 Å². The van der Waals surface area contributed by atoms with Gasteiger partial charge >= 0.3 is 5.97 Å². The molecule has 1 aromatic carbocycles. The lowest BCUT2D eigenvalue weighted by Crippen LogP contribution is -2.62. The minimum atomic E-state index is -4.37. The van der Waals surface area contributed by atoms with E-state index in [9.17, 15) is 18.4 Å². The molecule has 128 valence electrons. The van der Waals surface area contributed by atoms with Crippen LogP contribution in [0.15, 0.2) is 35.2 Å². The van der Waals surface area contributed by atoms with E-state index in [1.807, 2.05) is 0 Å². The van der Waals surface area contributed by atoms with Crippen molar-refractivity contribution in [2.45, 2.75) is 22.0 Å². The van der Waals surface area contributed by atoms with Crippen LogP contribution in [0.1, 0.15) is 0 Å². The lowest BCUT2D eigenvalue weighted by atomic mass is 10.1. The van der Waals surface area contributed by atoms with Crippen LogP contribution in [0.5, 0.6) is 0 Å². The normalized spacial score (nSPS) is 28.7. The van der Waals surface area contributed by atoms with E-state index in [1.54, 1.807) is 6.07 Å². The van der Waals surface area contributed by atoms with Crippen molar-refractivity contribution in [3.8, 4) is 0 Å². The molecule has 0 spiro atoms. The van der Waals surface area contributed by atoms with E-state index in [1.165, 1.54) is 38.5 Å². The molecule has 1 unspecified atom stereocenters. The van der Waals surface area contributed by atoms with Crippen LogP contribution >= 0.6 is 0 Å². The first kappa shape index (κ1) is 17.8. The first-order valence-corrected chi connectivity index (χ1v) is 8.26. The molecular formula is C14H19NO7S. The highest BCUT2D eigenvalue weighted by atomic mass is 32.2. The second-order valence-electron chi connectivity index (χ2n) is 5.02. The molecule has 1 fully saturated rings. The van der Waals surface area contributed by atoms with Crippen molar-refractivity contribution in [3.05, 3.63) is 30.3 Å². The second kappa shape index (κ2) is 6.54. The molecule has 0 radical (unpaired) electrons. The fourth-order valence-corrected chi connectivity index (χ4v) is 4.94. The molecule has 0 amide bonds. The Morgan fingerprint density at radius 1 is 1.22 bits per heavy atom. The highest BCUT2D eigenvalue weighted by molar-refractivity contribution is 7.93. The van der Waals surface area contributed by atoms with Crippen molar-refractivity contribution in [2.24, 2.45) is 0 Å². The maximum atomic E-state index is 13.2. The summed E-state index contributed by atoms with van der Waals surface area (Å²) in [4.78, 5) is 9.88. The van der Waals surface area contributed by atoms with Crippen LogP contribution in [0.25, 0.3) is 0 Å². The van der Waals surface area contributed by atoms with Gasteiger partial charge in [-0.15, -0.1) is 0 Å². The fourth-order valence-electron chi connectivity index (χ4n) is 2.86. The van der Waals surface area contributed by atoms with Crippen LogP contribution in [0.4, 0.5) is 0 Å². The number of methoxy groups -OCH3 is 3. The predicted molar refractivity (Wildman–Crippen MR) is 78.5 cm³/mol. The van der Waals surface area contributed by atoms with Gasteiger partial charge in [0.25, 0.3) is 4.87 Å². The quantitative estimate of drug-likeness (QED) is 0.748. The summed E-state index contributed by atoms with van der Waals surface area (Å²) >= 11 is 0. The number of ether oxygens (including phenoxy) is 3. The first-order valence-electron chi connectivity index (χ1n) is 6.78. The molecular weight excluding hydrogens is 326 g/mol. The summed E-state index contributed by atoms with van der Waals surface area (Å²) in [6.07, 6.45) is -2.10. The van der Waals surface area contributed by atoms with Gasteiger partial charge in [0.1, 0.15) is 12.2 Å². The Morgan fingerprint density at radius 2 is 1.83 bits per heavy atom. The van der Waals surface area contributed by atoms with Gasteiger partial charge in [-0.2, -0.15) is 5.06 Å². The summed E-state index contributed by atoms with van der Waals surface area (Å²) in [6.45, 7) is -0.226. The lowest BCUT2D eigenvalue weighted by Gasteiger charge is -2.34. The van der Waals surface area contributed by atoms with Crippen LogP contribution in [-0.4, -0.2) is 69.6 Å². The Labute approximate surface area is 134 Å². The van der Waals surface area contributed by atoms with E-state index in [-0.39, 0.29) is 11.4 Å². The number of hydrogen-bond acceptors (Lipinski definition) is 8. The number of rotatable bonds is 5. The van der Waals surface area contributed by atoms with Crippen LogP contribution in [0.3, 0.4) is 0 Å². The summed E-state index contributed by atoms with van der Waals surface area (Å²) in [5.41, 5.74) is 0. The molecule has 1 aromatic rings. The van der Waals surface area contributed by atoms with Crippen LogP contribution < -0.4 is 0 Å². The van der Waals surface area contributed by atoms with Crippen molar-refractivity contribution >= 4 is 15.8 Å². The molecule has 0 aliphatic carbocycles. The molecule has 0 bridgehead atoms. The molecule has 1 aliphatic heterocycles. The van der Waals surface area contributed by atoms with E-state index in [0.717, 1.165) is 7.11 Å². The fraction of sp³-hybridized carbons (Fsp3) is 0.500. The average Bonchev–Trinajstić information content (AvgIpc) is 2.87. The van der Waals surface area contributed by atoms with Crippen molar-refractivity contribution < 1.29 is 32.6 Å². The van der Waals surface area contributed by atoms with Gasteiger partial charge in [0.05, 0.1) is 18.6 Å². The van der Waals surface area contributed by atoms with Gasteiger partial charge in [-0.25, -0.2) is 13.2 Å². The lowest BCUT2D eigenvalue weighted by molar-refractivity contribution is -0.180. The zero-order chi connectivity index (χ0) is 17.3. The molecule has 2 rings (SSSR count). The van der Waals surface area contributed by atoms with E-state index in [0.29, 0.717) is 5.06 Å². The predicted octanol–water partition coefficient (Wildman–Crippen LogP) is 0.0644. The van der Waals surface area contributed by atoms with Crippen LogP contribution in [-0.2, 0) is 28.8 Å². The topological polar surface area (TPSA) is 102 Å². The average molecular weight is 345 g/mol. The smallest absolute Gasteiger partial charge is 0.347 e. The molecule has 1 N–H and O–H groups in total. The Bertz CT molecular complexity index is 663. The monoisotopic (exact) mass is 345 g/mol. The van der Waals surface area contributed by atoms with Gasteiger partial charge in [0.15, 0.2) is 0 Å². The summed E-state index contributed by atoms with van der Waals surface area (Å²) < 4.78 is 41.4. The van der Waals surface area contributed by atoms with Crippen molar-refractivity contribution in [3.63, 3.8) is 0 Å². The van der Waals surface area contributed by atoms with Crippen molar-refractivity contribution in [1.29, 1.82) is 0 Å². The zero-order valence-electron chi connectivity index (χ0n) is 13.0. The standard InChI is InChI=1S/C14H19NO7S/c1-20-11-9-15(17)14(12(11)21-2,13(16)22-3)23(18,19)10-7-5-4-6-8-10/h4-8,11-12,17H,9H2,1-3H3/t11-,12?,14-/m1/s1. The van der Waals surface area contributed by atoms with Gasteiger partial charge in [-0.05, 0) is 12.1 Å². The first-order chi connectivity index (χ1) is 10.9. The molecule has 8 nitrogen and oxygen atoms in total. The largest absolute Gasteiger partial charge is 0.467 e. The third-order valence-corrected chi connectivity index (χ3v) is 6.28. The Kier molecular flexibility index (Phi) is 5.07. The van der Waals surface area contributed by atoms with Crippen LogP contribution in [0.2, 0.25) is 0 Å². The molecule has 1 saturated heterocycles. The van der Waals surface area contributed by atoms with Gasteiger partial charge in [-0.3, -0.25) is 0 Å². The third kappa shape index (κ3) is 2.45. The molecule has 0 saturated carbocycles.